The fraction of sp³-hybridized carbons (Fsp3) is 0.591. The Kier molecular flexibility index (Phi) is 15.4. The average molecular weight is 433 g/mol. The Morgan fingerprint density at radius 3 is 2.23 bits per heavy atom. The summed E-state index contributed by atoms with van der Waals surface area (Å²) in [6.07, 6.45) is 6.38. The number of nitrogens with one attached hydrogen (secondary N) is 1. The van der Waals surface area contributed by atoms with Gasteiger partial charge in [0.2, 0.25) is 5.91 Å². The summed E-state index contributed by atoms with van der Waals surface area (Å²) >= 11 is 0. The molecule has 0 bridgehead atoms. The molecule has 0 spiro atoms. The third-order valence-electron chi connectivity index (χ3n) is 4.21. The summed E-state index contributed by atoms with van der Waals surface area (Å²) in [7, 11) is -1.70. The van der Waals surface area contributed by atoms with Crippen LogP contribution in [0.2, 0.25) is 0 Å². The van der Waals surface area contributed by atoms with E-state index in [0.717, 1.165) is 24.8 Å². The molecule has 8 heteroatoms. The third kappa shape index (κ3) is 12.5. The lowest BCUT2D eigenvalue weighted by Gasteiger charge is -2.22. The number of nitrogens with zero attached hydrogens (tertiary/aromatic N) is 2. The van der Waals surface area contributed by atoms with Gasteiger partial charge in [0, 0.05) is 6.42 Å². The number of benzene rings is 1. The van der Waals surface area contributed by atoms with Gasteiger partial charge in [-0.25, -0.2) is 0 Å². The number of nitriles is 2. The monoisotopic (exact) mass is 433 g/mol. The highest BCUT2D eigenvalue weighted by Crippen LogP contribution is 2.40. The molecule has 0 aliphatic rings. The van der Waals surface area contributed by atoms with Crippen LogP contribution in [-0.4, -0.2) is 25.7 Å². The highest BCUT2D eigenvalue weighted by atomic mass is 31.2. The Hall–Kier alpha value is -2.02. The zero-order valence-corrected chi connectivity index (χ0v) is 18.6. The van der Waals surface area contributed by atoms with Crippen molar-refractivity contribution in [2.45, 2.75) is 64.3 Å². The SMILES string of the molecule is CCCCCCCC(=O)N[C@@H](COP(OCCC#N)OCCC#N)c1ccccc1. The fourth-order valence-electron chi connectivity index (χ4n) is 2.64. The molecule has 0 aliphatic carbocycles. The van der Waals surface area contributed by atoms with Crippen molar-refractivity contribution in [2.24, 2.45) is 0 Å². The second-order valence-electron chi connectivity index (χ2n) is 6.70. The topological polar surface area (TPSA) is 104 Å². The van der Waals surface area contributed by atoms with Gasteiger partial charge in [0.05, 0.1) is 50.8 Å². The van der Waals surface area contributed by atoms with Gasteiger partial charge in [-0.2, -0.15) is 10.5 Å². The predicted octanol–water partition coefficient (Wildman–Crippen LogP) is 5.31. The van der Waals surface area contributed by atoms with Crippen molar-refractivity contribution in [3.8, 4) is 12.1 Å². The van der Waals surface area contributed by atoms with E-state index in [9.17, 15) is 4.79 Å². The summed E-state index contributed by atoms with van der Waals surface area (Å²) in [4.78, 5) is 12.4. The molecule has 0 saturated carbocycles. The number of amides is 1. The molecule has 1 aromatic rings. The van der Waals surface area contributed by atoms with Crippen LogP contribution >= 0.6 is 8.60 Å². The third-order valence-corrected chi connectivity index (χ3v) is 5.36. The maximum Gasteiger partial charge on any atom is 0.332 e. The van der Waals surface area contributed by atoms with Gasteiger partial charge in [0.25, 0.3) is 0 Å². The lowest BCUT2D eigenvalue weighted by atomic mass is 10.1. The zero-order valence-electron chi connectivity index (χ0n) is 17.7. The van der Waals surface area contributed by atoms with Crippen LogP contribution in [0.5, 0.6) is 0 Å². The Bertz CT molecular complexity index is 641. The number of carbonyl (C=O) groups is 1. The molecule has 0 aromatic heterocycles. The van der Waals surface area contributed by atoms with E-state index in [1.165, 1.54) is 12.8 Å². The number of unbranched alkanes of at least 4 members (excludes halogenated alkanes) is 4. The van der Waals surface area contributed by atoms with Gasteiger partial charge in [0.1, 0.15) is 0 Å². The lowest BCUT2D eigenvalue weighted by Crippen LogP contribution is -2.31. The van der Waals surface area contributed by atoms with Crippen LogP contribution < -0.4 is 5.32 Å². The summed E-state index contributed by atoms with van der Waals surface area (Å²) in [5.74, 6) is -0.0101. The Labute approximate surface area is 181 Å². The van der Waals surface area contributed by atoms with Gasteiger partial charge >= 0.3 is 8.60 Å². The molecule has 0 fully saturated rings. The summed E-state index contributed by atoms with van der Waals surface area (Å²) in [5.41, 5.74) is 0.931. The molecule has 1 N–H and O–H groups in total. The van der Waals surface area contributed by atoms with Crippen molar-refractivity contribution < 1.29 is 18.4 Å². The van der Waals surface area contributed by atoms with E-state index >= 15 is 0 Å². The first-order valence-electron chi connectivity index (χ1n) is 10.5. The molecule has 0 saturated heterocycles. The van der Waals surface area contributed by atoms with Gasteiger partial charge in [-0.15, -0.1) is 0 Å². The second-order valence-corrected chi connectivity index (χ2v) is 7.92. The minimum absolute atomic E-state index is 0.0101. The second kappa shape index (κ2) is 17.8. The van der Waals surface area contributed by atoms with Crippen LogP contribution in [0.4, 0.5) is 0 Å². The maximum atomic E-state index is 12.4. The van der Waals surface area contributed by atoms with Crippen molar-refractivity contribution >= 4 is 14.5 Å². The lowest BCUT2D eigenvalue weighted by molar-refractivity contribution is -0.122. The highest BCUT2D eigenvalue weighted by molar-refractivity contribution is 7.41. The molecule has 0 aliphatic heterocycles. The average Bonchev–Trinajstić information content (AvgIpc) is 2.76. The molecule has 0 radical (unpaired) electrons. The van der Waals surface area contributed by atoms with Crippen molar-refractivity contribution in [3.63, 3.8) is 0 Å². The molecule has 1 amide bonds. The Balaban J connectivity index is 2.62. The van der Waals surface area contributed by atoms with E-state index in [1.807, 2.05) is 42.5 Å². The molecule has 1 rings (SSSR count). The molecule has 1 aromatic carbocycles. The molecule has 0 unspecified atom stereocenters. The summed E-state index contributed by atoms with van der Waals surface area (Å²) in [5, 5.41) is 20.4. The van der Waals surface area contributed by atoms with Gasteiger partial charge in [-0.1, -0.05) is 62.9 Å². The predicted molar refractivity (Wildman–Crippen MR) is 116 cm³/mol. The molecule has 7 nitrogen and oxygen atoms in total. The van der Waals surface area contributed by atoms with Crippen LogP contribution in [0, 0.1) is 22.7 Å². The highest BCUT2D eigenvalue weighted by Gasteiger charge is 2.19. The Morgan fingerprint density at radius 2 is 1.63 bits per heavy atom. The van der Waals surface area contributed by atoms with Crippen LogP contribution in [0.15, 0.2) is 30.3 Å². The van der Waals surface area contributed by atoms with Crippen LogP contribution in [0.3, 0.4) is 0 Å². The smallest absolute Gasteiger partial charge is 0.332 e. The Morgan fingerprint density at radius 1 is 1.00 bits per heavy atom. The van der Waals surface area contributed by atoms with Gasteiger partial charge < -0.3 is 18.9 Å². The van der Waals surface area contributed by atoms with Crippen LogP contribution in [-0.2, 0) is 18.4 Å². The van der Waals surface area contributed by atoms with Crippen molar-refractivity contribution in [3.05, 3.63) is 35.9 Å². The van der Waals surface area contributed by atoms with E-state index in [-0.39, 0.29) is 44.6 Å². The van der Waals surface area contributed by atoms with E-state index in [2.05, 4.69) is 12.2 Å². The number of hydrogen-bond acceptors (Lipinski definition) is 6. The zero-order chi connectivity index (χ0) is 21.9. The summed E-state index contributed by atoms with van der Waals surface area (Å²) < 4.78 is 16.8. The molecule has 164 valence electrons. The minimum atomic E-state index is -1.70. The van der Waals surface area contributed by atoms with Crippen molar-refractivity contribution in [1.29, 1.82) is 10.5 Å². The first kappa shape index (κ1) is 26.0. The van der Waals surface area contributed by atoms with Crippen molar-refractivity contribution in [1.82, 2.24) is 5.32 Å². The summed E-state index contributed by atoms with van der Waals surface area (Å²) in [6.45, 7) is 2.72. The first-order valence-corrected chi connectivity index (χ1v) is 11.6. The maximum absolute atomic E-state index is 12.4. The number of rotatable bonds is 17. The molecule has 0 heterocycles. The normalized spacial score (nSPS) is 11.6. The van der Waals surface area contributed by atoms with Crippen LogP contribution in [0.1, 0.15) is 69.9 Å². The van der Waals surface area contributed by atoms with Gasteiger partial charge in [-0.3, -0.25) is 4.79 Å². The van der Waals surface area contributed by atoms with Crippen LogP contribution in [0.25, 0.3) is 0 Å². The number of carbonyl (C=O) groups excluding carboxylic acids is 1. The standard InChI is InChI=1S/C22H32N3O4P/c1-2-3-4-5-9-14-22(26)25-21(20-12-7-6-8-13-20)19-29-30(27-17-10-15-23)28-18-11-16-24/h6-8,12-13,21H,2-5,9-11,14,17-19H2,1H3,(H,25,26)/t21-/m0/s1. The fourth-order valence-corrected chi connectivity index (χ4v) is 3.62. The van der Waals surface area contributed by atoms with E-state index in [4.69, 9.17) is 24.1 Å². The van der Waals surface area contributed by atoms with Crippen molar-refractivity contribution in [2.75, 3.05) is 19.8 Å². The minimum Gasteiger partial charge on any atom is -0.347 e. The first-order chi connectivity index (χ1) is 14.7. The van der Waals surface area contributed by atoms with E-state index < -0.39 is 8.60 Å². The van der Waals surface area contributed by atoms with Gasteiger partial charge in [-0.05, 0) is 12.0 Å². The quantitative estimate of drug-likeness (QED) is 0.264. The summed E-state index contributed by atoms with van der Waals surface area (Å²) in [6, 6.07) is 13.3. The molecule has 30 heavy (non-hydrogen) atoms. The van der Waals surface area contributed by atoms with Gasteiger partial charge in [0.15, 0.2) is 0 Å². The largest absolute Gasteiger partial charge is 0.347 e. The molecular formula is C22H32N3O4P. The van der Waals surface area contributed by atoms with E-state index in [1.54, 1.807) is 0 Å². The molecule has 1 atom stereocenters. The van der Waals surface area contributed by atoms with E-state index in [0.29, 0.717) is 6.42 Å². The molecular weight excluding hydrogens is 401 g/mol. The number of hydrogen-bond donors (Lipinski definition) is 1.